The molecule has 1 saturated heterocycles. The van der Waals surface area contributed by atoms with Gasteiger partial charge in [0.25, 0.3) is 0 Å². The van der Waals surface area contributed by atoms with E-state index in [0.29, 0.717) is 0 Å². The summed E-state index contributed by atoms with van der Waals surface area (Å²) in [7, 11) is 2.24. The lowest BCUT2D eigenvalue weighted by Gasteiger charge is -2.26. The van der Waals surface area contributed by atoms with Crippen molar-refractivity contribution in [2.45, 2.75) is 13.1 Å². The van der Waals surface area contributed by atoms with Crippen LogP contribution in [0.25, 0.3) is 0 Å². The molecule has 128 valence electrons. The maximum Gasteiger partial charge on any atom is 0.0234 e. The smallest absolute Gasteiger partial charge is 0.0234 e. The minimum Gasteiger partial charge on any atom is -0.304 e. The third-order valence-electron chi connectivity index (χ3n) is 4.83. The zero-order valence-corrected chi connectivity index (χ0v) is 14.8. The molecule has 0 N–H and O–H groups in total. The molecular formula is C21H29N3. The van der Waals surface area contributed by atoms with E-state index in [1.807, 2.05) is 0 Å². The van der Waals surface area contributed by atoms with Crippen LogP contribution in [0, 0.1) is 0 Å². The van der Waals surface area contributed by atoms with Crippen LogP contribution >= 0.6 is 0 Å². The van der Waals surface area contributed by atoms with Crippen LogP contribution in [0.5, 0.6) is 0 Å². The van der Waals surface area contributed by atoms with Crippen molar-refractivity contribution in [3.63, 3.8) is 0 Å². The van der Waals surface area contributed by atoms with Crippen molar-refractivity contribution in [1.82, 2.24) is 14.7 Å². The van der Waals surface area contributed by atoms with E-state index in [1.54, 1.807) is 0 Å². The van der Waals surface area contributed by atoms with Crippen molar-refractivity contribution in [2.24, 2.45) is 0 Å². The van der Waals surface area contributed by atoms with E-state index < -0.39 is 0 Å². The fraction of sp³-hybridized carbons (Fsp3) is 0.429. The van der Waals surface area contributed by atoms with Gasteiger partial charge in [0.15, 0.2) is 0 Å². The first kappa shape index (κ1) is 17.2. The van der Waals surface area contributed by atoms with Crippen molar-refractivity contribution in [1.29, 1.82) is 0 Å². The van der Waals surface area contributed by atoms with Crippen LogP contribution in [-0.2, 0) is 13.1 Å². The Bertz CT molecular complexity index is 531. The van der Waals surface area contributed by atoms with Gasteiger partial charge in [0.1, 0.15) is 0 Å². The van der Waals surface area contributed by atoms with E-state index in [4.69, 9.17) is 0 Å². The van der Waals surface area contributed by atoms with Gasteiger partial charge in [-0.1, -0.05) is 60.7 Å². The Kier molecular flexibility index (Phi) is 6.41. The summed E-state index contributed by atoms with van der Waals surface area (Å²) in [4.78, 5) is 7.64. The standard InChI is InChI=1S/C21H29N3/c1-22-12-14-23(18-20-8-4-2-5-9-20)16-17-24(15-13-22)19-21-10-6-3-7-11-21/h2-11H,12-19H2,1H3. The van der Waals surface area contributed by atoms with Crippen LogP contribution in [-0.4, -0.2) is 61.0 Å². The highest BCUT2D eigenvalue weighted by atomic mass is 15.2. The molecule has 0 amide bonds. The second-order valence-electron chi connectivity index (χ2n) is 6.83. The molecule has 1 aliphatic heterocycles. The maximum atomic E-state index is 2.59. The van der Waals surface area contributed by atoms with Crippen molar-refractivity contribution in [2.75, 3.05) is 46.3 Å². The highest BCUT2D eigenvalue weighted by Gasteiger charge is 2.15. The number of hydrogen-bond donors (Lipinski definition) is 0. The van der Waals surface area contributed by atoms with Crippen LogP contribution in [0.3, 0.4) is 0 Å². The summed E-state index contributed by atoms with van der Waals surface area (Å²) in [6.45, 7) is 8.94. The fourth-order valence-electron chi connectivity index (χ4n) is 3.24. The Morgan fingerprint density at radius 3 is 1.38 bits per heavy atom. The lowest BCUT2D eigenvalue weighted by atomic mass is 10.2. The van der Waals surface area contributed by atoms with Crippen LogP contribution < -0.4 is 0 Å². The van der Waals surface area contributed by atoms with Gasteiger partial charge in [-0.25, -0.2) is 0 Å². The first-order valence-corrected chi connectivity index (χ1v) is 9.01. The Morgan fingerprint density at radius 2 is 0.958 bits per heavy atom. The highest BCUT2D eigenvalue weighted by molar-refractivity contribution is 5.15. The van der Waals surface area contributed by atoms with E-state index in [-0.39, 0.29) is 0 Å². The molecule has 0 atom stereocenters. The largest absolute Gasteiger partial charge is 0.304 e. The fourth-order valence-corrected chi connectivity index (χ4v) is 3.24. The average Bonchev–Trinajstić information content (AvgIpc) is 2.70. The minimum atomic E-state index is 1.05. The molecule has 1 heterocycles. The first-order chi connectivity index (χ1) is 11.8. The molecular weight excluding hydrogens is 294 g/mol. The Labute approximate surface area is 146 Å². The molecule has 0 unspecified atom stereocenters. The second-order valence-corrected chi connectivity index (χ2v) is 6.83. The molecule has 3 nitrogen and oxygen atoms in total. The predicted octanol–water partition coefficient (Wildman–Crippen LogP) is 2.94. The zero-order chi connectivity index (χ0) is 16.6. The van der Waals surface area contributed by atoms with Gasteiger partial charge in [0.2, 0.25) is 0 Å². The van der Waals surface area contributed by atoms with Crippen molar-refractivity contribution in [3.8, 4) is 0 Å². The SMILES string of the molecule is CN1CCN(Cc2ccccc2)CCN(Cc2ccccc2)CC1. The first-order valence-electron chi connectivity index (χ1n) is 9.01. The summed E-state index contributed by atoms with van der Waals surface area (Å²) < 4.78 is 0. The molecule has 0 bridgehead atoms. The van der Waals surface area contributed by atoms with E-state index in [2.05, 4.69) is 82.4 Å². The van der Waals surface area contributed by atoms with Crippen LogP contribution in [0.2, 0.25) is 0 Å². The molecule has 2 aromatic carbocycles. The molecule has 1 aliphatic rings. The summed E-state index contributed by atoms with van der Waals surface area (Å²) >= 11 is 0. The molecule has 0 aliphatic carbocycles. The van der Waals surface area contributed by atoms with Gasteiger partial charge >= 0.3 is 0 Å². The highest BCUT2D eigenvalue weighted by Crippen LogP contribution is 2.09. The third kappa shape index (κ3) is 5.45. The average molecular weight is 323 g/mol. The lowest BCUT2D eigenvalue weighted by molar-refractivity contribution is 0.209. The van der Waals surface area contributed by atoms with E-state index in [1.165, 1.54) is 11.1 Å². The quantitative estimate of drug-likeness (QED) is 0.856. The van der Waals surface area contributed by atoms with Crippen LogP contribution in [0.15, 0.2) is 60.7 Å². The van der Waals surface area contributed by atoms with E-state index in [9.17, 15) is 0 Å². The molecule has 24 heavy (non-hydrogen) atoms. The molecule has 0 radical (unpaired) electrons. The second kappa shape index (κ2) is 8.97. The predicted molar refractivity (Wildman–Crippen MR) is 101 cm³/mol. The summed E-state index contributed by atoms with van der Waals surface area (Å²) in [5.41, 5.74) is 2.82. The minimum absolute atomic E-state index is 1.05. The van der Waals surface area contributed by atoms with E-state index >= 15 is 0 Å². The lowest BCUT2D eigenvalue weighted by Crippen LogP contribution is -2.35. The summed E-state index contributed by atoms with van der Waals surface area (Å²) in [5.74, 6) is 0. The molecule has 0 aromatic heterocycles. The van der Waals surface area contributed by atoms with Gasteiger partial charge in [0.05, 0.1) is 0 Å². The monoisotopic (exact) mass is 323 g/mol. The normalized spacial score (nSPS) is 18.7. The van der Waals surface area contributed by atoms with Gasteiger partial charge < -0.3 is 4.90 Å². The van der Waals surface area contributed by atoms with Gasteiger partial charge in [-0.2, -0.15) is 0 Å². The van der Waals surface area contributed by atoms with Gasteiger partial charge in [-0.15, -0.1) is 0 Å². The van der Waals surface area contributed by atoms with Crippen LogP contribution in [0.1, 0.15) is 11.1 Å². The molecule has 2 aromatic rings. The topological polar surface area (TPSA) is 9.72 Å². The van der Waals surface area contributed by atoms with E-state index in [0.717, 1.165) is 52.4 Å². The van der Waals surface area contributed by atoms with Crippen molar-refractivity contribution < 1.29 is 0 Å². The van der Waals surface area contributed by atoms with Crippen molar-refractivity contribution in [3.05, 3.63) is 71.8 Å². The van der Waals surface area contributed by atoms with Crippen molar-refractivity contribution >= 4 is 0 Å². The van der Waals surface area contributed by atoms with Gasteiger partial charge in [-0.3, -0.25) is 9.80 Å². The Hall–Kier alpha value is -1.68. The summed E-state index contributed by atoms with van der Waals surface area (Å²) in [5, 5.41) is 0. The Balaban J connectivity index is 1.61. The molecule has 0 spiro atoms. The maximum absolute atomic E-state index is 2.59. The zero-order valence-electron chi connectivity index (χ0n) is 14.8. The molecule has 3 rings (SSSR count). The molecule has 1 fully saturated rings. The molecule has 0 saturated carbocycles. The summed E-state index contributed by atoms with van der Waals surface area (Å²) in [6.07, 6.45) is 0. The number of nitrogens with zero attached hydrogens (tertiary/aromatic N) is 3. The third-order valence-corrected chi connectivity index (χ3v) is 4.83. The number of likely N-dealkylation sites (N-methyl/N-ethyl adjacent to an activating group) is 1. The number of benzene rings is 2. The summed E-state index contributed by atoms with van der Waals surface area (Å²) in [6, 6.07) is 21.7. The number of rotatable bonds is 4. The number of hydrogen-bond acceptors (Lipinski definition) is 3. The Morgan fingerprint density at radius 1 is 0.583 bits per heavy atom. The van der Waals surface area contributed by atoms with Gasteiger partial charge in [-0.05, 0) is 18.2 Å². The van der Waals surface area contributed by atoms with Crippen LogP contribution in [0.4, 0.5) is 0 Å². The molecule has 3 heteroatoms. The van der Waals surface area contributed by atoms with Gasteiger partial charge in [0, 0.05) is 52.4 Å².